The fraction of sp³-hybridized carbons (Fsp3) is 0.0870. The van der Waals surface area contributed by atoms with Crippen molar-refractivity contribution in [2.75, 3.05) is 12.4 Å². The van der Waals surface area contributed by atoms with Gasteiger partial charge in [0.2, 0.25) is 5.82 Å². The van der Waals surface area contributed by atoms with E-state index in [4.69, 9.17) is 9.26 Å². The standard InChI is InChI=1S/C23H19N3O3/c1-15-7-9-16(10-8-15)21-25-23(29-26-21)17-11-13-18(14-12-17)24-22(27)19-5-3-4-6-20(19)28-2/h3-14H,1-2H3,(H,24,27). The molecule has 0 fully saturated rings. The highest BCUT2D eigenvalue weighted by Crippen LogP contribution is 2.24. The van der Waals surface area contributed by atoms with Crippen LogP contribution >= 0.6 is 0 Å². The molecule has 1 heterocycles. The lowest BCUT2D eigenvalue weighted by molar-refractivity contribution is 0.102. The number of nitrogens with zero attached hydrogens (tertiary/aromatic N) is 2. The number of anilines is 1. The third kappa shape index (κ3) is 4.01. The number of amides is 1. The molecule has 1 amide bonds. The Kier molecular flexibility index (Phi) is 5.07. The van der Waals surface area contributed by atoms with Crippen molar-refractivity contribution in [3.63, 3.8) is 0 Å². The lowest BCUT2D eigenvalue weighted by atomic mass is 10.1. The minimum absolute atomic E-state index is 0.241. The van der Waals surface area contributed by atoms with Gasteiger partial charge < -0.3 is 14.6 Å². The van der Waals surface area contributed by atoms with E-state index in [9.17, 15) is 4.79 Å². The molecule has 0 atom stereocenters. The quantitative estimate of drug-likeness (QED) is 0.525. The molecule has 0 saturated carbocycles. The molecule has 3 aromatic carbocycles. The molecule has 0 unspecified atom stereocenters. The highest BCUT2D eigenvalue weighted by molar-refractivity contribution is 6.06. The Morgan fingerprint density at radius 2 is 1.62 bits per heavy atom. The number of methoxy groups -OCH3 is 1. The Bertz CT molecular complexity index is 1130. The summed E-state index contributed by atoms with van der Waals surface area (Å²) in [6, 6.07) is 22.2. The first-order valence-electron chi connectivity index (χ1n) is 9.09. The number of hydrogen-bond donors (Lipinski definition) is 1. The van der Waals surface area contributed by atoms with E-state index in [1.54, 1.807) is 30.3 Å². The minimum Gasteiger partial charge on any atom is -0.496 e. The number of carbonyl (C=O) groups is 1. The average Bonchev–Trinajstić information content (AvgIpc) is 3.25. The zero-order chi connectivity index (χ0) is 20.2. The number of nitrogens with one attached hydrogen (secondary N) is 1. The van der Waals surface area contributed by atoms with Gasteiger partial charge in [-0.05, 0) is 43.3 Å². The summed E-state index contributed by atoms with van der Waals surface area (Å²) in [4.78, 5) is 17.0. The Balaban J connectivity index is 1.50. The molecule has 0 spiro atoms. The van der Waals surface area contributed by atoms with Crippen LogP contribution in [-0.4, -0.2) is 23.2 Å². The van der Waals surface area contributed by atoms with Crippen LogP contribution < -0.4 is 10.1 Å². The highest BCUT2D eigenvalue weighted by Gasteiger charge is 2.13. The van der Waals surface area contributed by atoms with E-state index in [2.05, 4.69) is 15.5 Å². The molecule has 29 heavy (non-hydrogen) atoms. The van der Waals surface area contributed by atoms with Crippen LogP contribution in [0.3, 0.4) is 0 Å². The number of aryl methyl sites for hydroxylation is 1. The van der Waals surface area contributed by atoms with Crippen LogP contribution in [0.25, 0.3) is 22.8 Å². The van der Waals surface area contributed by atoms with Crippen molar-refractivity contribution < 1.29 is 14.1 Å². The van der Waals surface area contributed by atoms with Crippen LogP contribution in [0.2, 0.25) is 0 Å². The highest BCUT2D eigenvalue weighted by atomic mass is 16.5. The van der Waals surface area contributed by atoms with Crippen molar-refractivity contribution in [2.24, 2.45) is 0 Å². The van der Waals surface area contributed by atoms with E-state index in [1.807, 2.05) is 49.4 Å². The van der Waals surface area contributed by atoms with Gasteiger partial charge in [0, 0.05) is 16.8 Å². The maximum absolute atomic E-state index is 12.5. The number of rotatable bonds is 5. The van der Waals surface area contributed by atoms with Crippen LogP contribution in [0.5, 0.6) is 5.75 Å². The van der Waals surface area contributed by atoms with Crippen LogP contribution in [0.1, 0.15) is 15.9 Å². The number of aromatic nitrogens is 2. The number of para-hydroxylation sites is 1. The molecule has 0 aliphatic carbocycles. The molecule has 1 aromatic heterocycles. The number of carbonyl (C=O) groups excluding carboxylic acids is 1. The van der Waals surface area contributed by atoms with E-state index in [0.717, 1.165) is 11.1 Å². The molecule has 1 N–H and O–H groups in total. The maximum Gasteiger partial charge on any atom is 0.259 e. The molecule has 6 nitrogen and oxygen atoms in total. The van der Waals surface area contributed by atoms with E-state index < -0.39 is 0 Å². The summed E-state index contributed by atoms with van der Waals surface area (Å²) in [5.41, 5.74) is 3.96. The molecule has 0 bridgehead atoms. The van der Waals surface area contributed by atoms with Crippen molar-refractivity contribution in [3.05, 3.63) is 83.9 Å². The lowest BCUT2D eigenvalue weighted by Gasteiger charge is -2.09. The minimum atomic E-state index is -0.241. The predicted octanol–water partition coefficient (Wildman–Crippen LogP) is 4.97. The monoisotopic (exact) mass is 385 g/mol. The third-order valence-electron chi connectivity index (χ3n) is 4.48. The normalized spacial score (nSPS) is 10.6. The smallest absolute Gasteiger partial charge is 0.259 e. The second-order valence-electron chi connectivity index (χ2n) is 6.52. The SMILES string of the molecule is COc1ccccc1C(=O)Nc1ccc(-c2nc(-c3ccc(C)cc3)no2)cc1. The maximum atomic E-state index is 12.5. The fourth-order valence-electron chi connectivity index (χ4n) is 2.89. The number of ether oxygens (including phenoxy) is 1. The summed E-state index contributed by atoms with van der Waals surface area (Å²) in [5.74, 6) is 1.24. The first-order chi connectivity index (χ1) is 14.1. The van der Waals surface area contributed by atoms with E-state index >= 15 is 0 Å². The molecule has 0 aliphatic rings. The molecule has 6 heteroatoms. The van der Waals surface area contributed by atoms with Gasteiger partial charge in [-0.2, -0.15) is 4.98 Å². The van der Waals surface area contributed by atoms with Crippen LogP contribution in [0.4, 0.5) is 5.69 Å². The van der Waals surface area contributed by atoms with Crippen molar-refractivity contribution >= 4 is 11.6 Å². The Morgan fingerprint density at radius 1 is 0.931 bits per heavy atom. The second-order valence-corrected chi connectivity index (χ2v) is 6.52. The van der Waals surface area contributed by atoms with Crippen molar-refractivity contribution in [1.29, 1.82) is 0 Å². The molecule has 4 rings (SSSR count). The van der Waals surface area contributed by atoms with Crippen molar-refractivity contribution in [3.8, 4) is 28.6 Å². The van der Waals surface area contributed by atoms with Gasteiger partial charge in [0.05, 0.1) is 12.7 Å². The molecular weight excluding hydrogens is 366 g/mol. The number of benzene rings is 3. The lowest BCUT2D eigenvalue weighted by Crippen LogP contribution is -2.12. The molecule has 0 saturated heterocycles. The Morgan fingerprint density at radius 3 is 2.34 bits per heavy atom. The van der Waals surface area contributed by atoms with Crippen molar-refractivity contribution in [2.45, 2.75) is 6.92 Å². The van der Waals surface area contributed by atoms with Crippen LogP contribution in [-0.2, 0) is 0 Å². The van der Waals surface area contributed by atoms with Crippen LogP contribution in [0.15, 0.2) is 77.3 Å². The zero-order valence-corrected chi connectivity index (χ0v) is 16.0. The van der Waals surface area contributed by atoms with E-state index in [1.165, 1.54) is 12.7 Å². The van der Waals surface area contributed by atoms with Gasteiger partial charge in [-0.15, -0.1) is 0 Å². The van der Waals surface area contributed by atoms with E-state index in [0.29, 0.717) is 28.7 Å². The first-order valence-corrected chi connectivity index (χ1v) is 9.09. The zero-order valence-electron chi connectivity index (χ0n) is 16.0. The van der Waals surface area contributed by atoms with Gasteiger partial charge >= 0.3 is 0 Å². The summed E-state index contributed by atoms with van der Waals surface area (Å²) in [6.45, 7) is 2.03. The molecular formula is C23H19N3O3. The number of hydrogen-bond acceptors (Lipinski definition) is 5. The summed E-state index contributed by atoms with van der Waals surface area (Å²) in [7, 11) is 1.54. The van der Waals surface area contributed by atoms with Gasteiger partial charge in [-0.1, -0.05) is 47.1 Å². The second kappa shape index (κ2) is 7.98. The summed E-state index contributed by atoms with van der Waals surface area (Å²) < 4.78 is 10.6. The first kappa shape index (κ1) is 18.4. The van der Waals surface area contributed by atoms with Gasteiger partial charge in [0.1, 0.15) is 5.75 Å². The molecule has 4 aromatic rings. The van der Waals surface area contributed by atoms with Gasteiger partial charge in [-0.25, -0.2) is 0 Å². The molecule has 0 radical (unpaired) electrons. The predicted molar refractivity (Wildman–Crippen MR) is 111 cm³/mol. The van der Waals surface area contributed by atoms with Gasteiger partial charge in [0.15, 0.2) is 0 Å². The van der Waals surface area contributed by atoms with Gasteiger partial charge in [0.25, 0.3) is 11.8 Å². The summed E-state index contributed by atoms with van der Waals surface area (Å²) in [6.07, 6.45) is 0. The largest absolute Gasteiger partial charge is 0.496 e. The summed E-state index contributed by atoms with van der Waals surface area (Å²) >= 11 is 0. The Hall–Kier alpha value is -3.93. The van der Waals surface area contributed by atoms with Gasteiger partial charge in [-0.3, -0.25) is 4.79 Å². The van der Waals surface area contributed by atoms with Crippen molar-refractivity contribution in [1.82, 2.24) is 10.1 Å². The average molecular weight is 385 g/mol. The third-order valence-corrected chi connectivity index (χ3v) is 4.48. The Labute approximate surface area is 168 Å². The molecule has 144 valence electrons. The topological polar surface area (TPSA) is 77.2 Å². The fourth-order valence-corrected chi connectivity index (χ4v) is 2.89. The molecule has 0 aliphatic heterocycles. The van der Waals surface area contributed by atoms with E-state index in [-0.39, 0.29) is 5.91 Å². The summed E-state index contributed by atoms with van der Waals surface area (Å²) in [5, 5.41) is 6.91. The van der Waals surface area contributed by atoms with Crippen LogP contribution in [0, 0.1) is 6.92 Å².